The predicted octanol–water partition coefficient (Wildman–Crippen LogP) is 4.22. The fourth-order valence-corrected chi connectivity index (χ4v) is 4.47. The van der Waals surface area contributed by atoms with E-state index in [-0.39, 0.29) is 55.2 Å². The Morgan fingerprint density at radius 1 is 1.19 bits per heavy atom. The Bertz CT molecular complexity index is 942. The number of rotatable bonds is 3. The molecule has 31 heavy (non-hydrogen) atoms. The average Bonchev–Trinajstić information content (AvgIpc) is 3.34. The summed E-state index contributed by atoms with van der Waals surface area (Å²) in [7, 11) is 0. The highest BCUT2D eigenvalue weighted by Crippen LogP contribution is 2.41. The van der Waals surface area contributed by atoms with Crippen molar-refractivity contribution < 1.29 is 18.0 Å². The Labute approximate surface area is 180 Å². The topological polar surface area (TPSA) is 50.2 Å². The number of aromatic nitrogens is 2. The molecule has 2 aliphatic rings. The number of nitrogens with zero attached hydrogens (tertiary/aromatic N) is 3. The molecule has 3 heterocycles. The van der Waals surface area contributed by atoms with Gasteiger partial charge in [-0.05, 0) is 51.0 Å². The molecule has 2 aliphatic heterocycles. The second-order valence-electron chi connectivity index (χ2n) is 9.63. The highest BCUT2D eigenvalue weighted by molar-refractivity contribution is 5.82. The molecule has 8 heteroatoms. The number of carbonyl (C=O) groups is 1. The van der Waals surface area contributed by atoms with Crippen LogP contribution in [-0.4, -0.2) is 45.6 Å². The molecular formula is C23H29F3N4O. The molecule has 1 amide bonds. The summed E-state index contributed by atoms with van der Waals surface area (Å²) in [4.78, 5) is 14.6. The summed E-state index contributed by atoms with van der Waals surface area (Å²) in [5, 5.41) is 8.10. The molecule has 3 atom stereocenters. The van der Waals surface area contributed by atoms with Gasteiger partial charge in [0.15, 0.2) is 0 Å². The van der Waals surface area contributed by atoms with E-state index in [9.17, 15) is 18.0 Å². The van der Waals surface area contributed by atoms with Crippen molar-refractivity contribution in [3.05, 3.63) is 53.6 Å². The molecule has 2 aromatic rings. The molecule has 4 rings (SSSR count). The Morgan fingerprint density at radius 3 is 2.52 bits per heavy atom. The van der Waals surface area contributed by atoms with Crippen molar-refractivity contribution >= 4 is 5.91 Å². The highest BCUT2D eigenvalue weighted by Gasteiger charge is 2.43. The zero-order chi connectivity index (χ0) is 22.4. The first kappa shape index (κ1) is 21.9. The second-order valence-corrected chi connectivity index (χ2v) is 9.63. The number of halogens is 3. The van der Waals surface area contributed by atoms with Crippen LogP contribution >= 0.6 is 0 Å². The molecule has 1 aromatic carbocycles. The summed E-state index contributed by atoms with van der Waals surface area (Å²) >= 11 is 0. The van der Waals surface area contributed by atoms with E-state index in [1.54, 1.807) is 6.07 Å². The molecule has 0 unspecified atom stereocenters. The normalized spacial score (nSPS) is 26.3. The van der Waals surface area contributed by atoms with Crippen molar-refractivity contribution in [2.24, 2.45) is 0 Å². The number of hydrogen-bond acceptors (Lipinski definition) is 3. The van der Waals surface area contributed by atoms with Crippen LogP contribution in [0.3, 0.4) is 0 Å². The number of carbonyl (C=O) groups excluding carboxylic acids is 1. The first-order valence-corrected chi connectivity index (χ1v) is 10.8. The van der Waals surface area contributed by atoms with Crippen molar-refractivity contribution in [1.29, 1.82) is 0 Å². The van der Waals surface area contributed by atoms with E-state index in [2.05, 4.69) is 26.1 Å². The van der Waals surface area contributed by atoms with E-state index in [1.807, 2.05) is 23.0 Å². The predicted molar refractivity (Wildman–Crippen MR) is 111 cm³/mol. The second kappa shape index (κ2) is 7.97. The van der Waals surface area contributed by atoms with Crippen LogP contribution in [0.5, 0.6) is 0 Å². The summed E-state index contributed by atoms with van der Waals surface area (Å²) in [5.74, 6) is -3.35. The minimum absolute atomic E-state index is 0.0535. The lowest BCUT2D eigenvalue weighted by atomic mass is 9.90. The number of piperidine rings is 1. The number of hydrogen-bond donors (Lipinski definition) is 1. The molecule has 2 fully saturated rings. The van der Waals surface area contributed by atoms with Gasteiger partial charge in [-0.25, -0.2) is 13.2 Å². The van der Waals surface area contributed by atoms with E-state index in [1.165, 1.54) is 17.0 Å². The molecule has 0 bridgehead atoms. The quantitative estimate of drug-likeness (QED) is 0.787. The van der Waals surface area contributed by atoms with Gasteiger partial charge in [-0.1, -0.05) is 12.1 Å². The summed E-state index contributed by atoms with van der Waals surface area (Å²) < 4.78 is 42.9. The third kappa shape index (κ3) is 4.63. The minimum atomic E-state index is -2.70. The Balaban J connectivity index is 1.59. The van der Waals surface area contributed by atoms with Gasteiger partial charge in [0.1, 0.15) is 5.82 Å². The van der Waals surface area contributed by atoms with Crippen molar-refractivity contribution in [3.8, 4) is 0 Å². The molecule has 0 radical (unpaired) electrons. The van der Waals surface area contributed by atoms with Crippen LogP contribution in [0, 0.1) is 5.82 Å². The van der Waals surface area contributed by atoms with Gasteiger partial charge in [-0.3, -0.25) is 14.8 Å². The van der Waals surface area contributed by atoms with Crippen LogP contribution in [-0.2, 0) is 10.3 Å². The monoisotopic (exact) mass is 434 g/mol. The molecule has 5 nitrogen and oxygen atoms in total. The van der Waals surface area contributed by atoms with Gasteiger partial charge in [0.2, 0.25) is 5.91 Å². The van der Waals surface area contributed by atoms with Gasteiger partial charge >= 0.3 is 0 Å². The maximum atomic E-state index is 13.9. The number of benzene rings is 1. The average molecular weight is 435 g/mol. The van der Waals surface area contributed by atoms with E-state index in [0.29, 0.717) is 6.42 Å². The van der Waals surface area contributed by atoms with Crippen LogP contribution in [0.15, 0.2) is 36.5 Å². The molecule has 2 saturated heterocycles. The van der Waals surface area contributed by atoms with E-state index < -0.39 is 12.0 Å². The fraction of sp³-hybridized carbons (Fsp3) is 0.565. The van der Waals surface area contributed by atoms with Crippen molar-refractivity contribution in [2.75, 3.05) is 13.1 Å². The van der Waals surface area contributed by atoms with Crippen LogP contribution in [0.1, 0.15) is 63.3 Å². The van der Waals surface area contributed by atoms with Crippen LogP contribution in [0.4, 0.5) is 13.2 Å². The fourth-order valence-electron chi connectivity index (χ4n) is 4.47. The Hall–Kier alpha value is -2.35. The maximum Gasteiger partial charge on any atom is 0.251 e. The van der Waals surface area contributed by atoms with Gasteiger partial charge in [-0.2, -0.15) is 5.10 Å². The lowest BCUT2D eigenvalue weighted by Gasteiger charge is -2.33. The van der Waals surface area contributed by atoms with E-state index >= 15 is 0 Å². The number of likely N-dealkylation sites (tertiary alicyclic amines) is 1. The molecule has 0 aliphatic carbocycles. The zero-order valence-corrected chi connectivity index (χ0v) is 18.1. The summed E-state index contributed by atoms with van der Waals surface area (Å²) in [5.41, 5.74) is 1.39. The van der Waals surface area contributed by atoms with Gasteiger partial charge in [0.25, 0.3) is 5.92 Å². The van der Waals surface area contributed by atoms with Gasteiger partial charge in [0, 0.05) is 44.1 Å². The first-order chi connectivity index (χ1) is 14.5. The van der Waals surface area contributed by atoms with Crippen LogP contribution < -0.4 is 5.32 Å². The SMILES string of the molecule is CC(C)(C)n1ccc([C@H]2C[C@@H](C(=O)N3CCC(F)(F)CC3)N[C@H]2c2cccc(F)c2)n1. The Kier molecular flexibility index (Phi) is 5.62. The largest absolute Gasteiger partial charge is 0.341 e. The summed E-state index contributed by atoms with van der Waals surface area (Å²) in [6.45, 7) is 6.27. The molecule has 1 aromatic heterocycles. The molecule has 0 spiro atoms. The minimum Gasteiger partial charge on any atom is -0.341 e. The van der Waals surface area contributed by atoms with E-state index in [4.69, 9.17) is 5.10 Å². The maximum absolute atomic E-state index is 13.9. The zero-order valence-electron chi connectivity index (χ0n) is 18.1. The Morgan fingerprint density at radius 2 is 1.90 bits per heavy atom. The van der Waals surface area contributed by atoms with Crippen molar-refractivity contribution in [2.45, 2.75) is 69.5 Å². The summed E-state index contributed by atoms with van der Waals surface area (Å²) in [6, 6.07) is 7.47. The first-order valence-electron chi connectivity index (χ1n) is 10.8. The highest BCUT2D eigenvalue weighted by atomic mass is 19.3. The lowest BCUT2D eigenvalue weighted by Crippen LogP contribution is -2.49. The van der Waals surface area contributed by atoms with Crippen LogP contribution in [0.2, 0.25) is 0 Å². The number of alkyl halides is 2. The third-order valence-electron chi connectivity index (χ3n) is 6.26. The van der Waals surface area contributed by atoms with Gasteiger partial charge in [0.05, 0.1) is 17.3 Å². The van der Waals surface area contributed by atoms with Gasteiger partial charge in [-0.15, -0.1) is 0 Å². The standard InChI is InChI=1S/C23H29F3N4O/c1-22(2,3)30-10-7-18(28-30)17-14-19(21(31)29-11-8-23(25,26)9-12-29)27-20(17)15-5-4-6-16(24)13-15/h4-7,10,13,17,19-20,27H,8-9,11-12,14H2,1-3H3/t17-,19+,20+/m1/s1. The molecule has 1 N–H and O–H groups in total. The van der Waals surface area contributed by atoms with Gasteiger partial charge < -0.3 is 4.90 Å². The third-order valence-corrected chi connectivity index (χ3v) is 6.26. The number of amides is 1. The lowest BCUT2D eigenvalue weighted by molar-refractivity contribution is -0.139. The van der Waals surface area contributed by atoms with Crippen molar-refractivity contribution in [1.82, 2.24) is 20.0 Å². The number of nitrogens with one attached hydrogen (secondary N) is 1. The molecule has 0 saturated carbocycles. The molecular weight excluding hydrogens is 405 g/mol. The molecule has 168 valence electrons. The smallest absolute Gasteiger partial charge is 0.251 e. The van der Waals surface area contributed by atoms with Crippen molar-refractivity contribution in [3.63, 3.8) is 0 Å². The van der Waals surface area contributed by atoms with Crippen LogP contribution in [0.25, 0.3) is 0 Å². The summed E-state index contributed by atoms with van der Waals surface area (Å²) in [6.07, 6.45) is 1.78. The van der Waals surface area contributed by atoms with E-state index in [0.717, 1.165) is 11.3 Å².